The molecule has 2 nitrogen and oxygen atoms in total. The third-order valence-electron chi connectivity index (χ3n) is 3.95. The number of alkyl halides is 1. The molecule has 0 radical (unpaired) electrons. The second-order valence-corrected chi connectivity index (χ2v) is 5.91. The van der Waals surface area contributed by atoms with Gasteiger partial charge in [-0.25, -0.2) is 4.39 Å². The molecule has 1 aliphatic heterocycles. The van der Waals surface area contributed by atoms with Gasteiger partial charge < -0.3 is 10.1 Å². The summed E-state index contributed by atoms with van der Waals surface area (Å²) in [6, 6.07) is 4.34. The summed E-state index contributed by atoms with van der Waals surface area (Å²) < 4.78 is 19.8. The predicted octanol–water partition coefficient (Wildman–Crippen LogP) is 3.50. The fraction of sp³-hybridized carbons (Fsp3) is 0.625. The van der Waals surface area contributed by atoms with Crippen LogP contribution in [-0.4, -0.2) is 19.7 Å². The summed E-state index contributed by atoms with van der Waals surface area (Å²) in [5.41, 5.74) is 1.59. The topological polar surface area (TPSA) is 21.3 Å². The van der Waals surface area contributed by atoms with Crippen LogP contribution in [0.15, 0.2) is 12.1 Å². The second kappa shape index (κ2) is 5.49. The molecule has 1 aromatic rings. The molecule has 1 saturated heterocycles. The molecule has 3 heteroatoms. The number of hydrogen-bond donors (Lipinski definition) is 1. The van der Waals surface area contributed by atoms with Crippen molar-refractivity contribution in [1.82, 2.24) is 5.32 Å². The van der Waals surface area contributed by atoms with Crippen molar-refractivity contribution >= 4 is 0 Å². The van der Waals surface area contributed by atoms with Crippen molar-refractivity contribution < 1.29 is 9.13 Å². The fourth-order valence-corrected chi connectivity index (χ4v) is 2.86. The lowest BCUT2D eigenvalue weighted by molar-refractivity contribution is 0.213. The minimum Gasteiger partial charge on any atom is -0.496 e. The Kier molecular flexibility index (Phi) is 4.14. The molecule has 1 heterocycles. The zero-order valence-electron chi connectivity index (χ0n) is 12.3. The molecule has 2 rings (SSSR count). The van der Waals surface area contributed by atoms with Crippen molar-refractivity contribution in [1.29, 1.82) is 0 Å². The SMILES string of the molecule is COc1c(C(C)(C)F)ccc(C)c1CC1CCCN1. The standard InChI is InChI=1S/C16H24FNO/c1-11-7-8-14(16(2,3)17)15(19-4)13(11)10-12-6-5-9-18-12/h7-8,12,18H,5-6,9-10H2,1-4H3. The fourth-order valence-electron chi connectivity index (χ4n) is 2.86. The first-order chi connectivity index (χ1) is 8.93. The summed E-state index contributed by atoms with van der Waals surface area (Å²) in [5.74, 6) is 0.723. The van der Waals surface area contributed by atoms with Gasteiger partial charge in [-0.3, -0.25) is 0 Å². The Labute approximate surface area is 115 Å². The molecule has 0 amide bonds. The quantitative estimate of drug-likeness (QED) is 0.899. The molecule has 0 spiro atoms. The predicted molar refractivity (Wildman–Crippen MR) is 76.6 cm³/mol. The normalized spacial score (nSPS) is 19.7. The van der Waals surface area contributed by atoms with Gasteiger partial charge >= 0.3 is 0 Å². The maximum Gasteiger partial charge on any atom is 0.134 e. The molecule has 1 unspecified atom stereocenters. The van der Waals surface area contributed by atoms with Gasteiger partial charge in [0.25, 0.3) is 0 Å². The highest BCUT2D eigenvalue weighted by Gasteiger charge is 2.27. The molecule has 0 saturated carbocycles. The van der Waals surface area contributed by atoms with Crippen LogP contribution in [0.2, 0.25) is 0 Å². The van der Waals surface area contributed by atoms with Gasteiger partial charge in [0.15, 0.2) is 0 Å². The first-order valence-electron chi connectivity index (χ1n) is 7.02. The van der Waals surface area contributed by atoms with Crippen LogP contribution < -0.4 is 10.1 Å². The number of methoxy groups -OCH3 is 1. The van der Waals surface area contributed by atoms with Crippen molar-refractivity contribution in [2.24, 2.45) is 0 Å². The van der Waals surface area contributed by atoms with Gasteiger partial charge in [-0.05, 0) is 57.7 Å². The smallest absolute Gasteiger partial charge is 0.134 e. The number of nitrogens with one attached hydrogen (secondary N) is 1. The van der Waals surface area contributed by atoms with E-state index in [9.17, 15) is 4.39 Å². The van der Waals surface area contributed by atoms with Gasteiger partial charge in [0, 0.05) is 11.6 Å². The summed E-state index contributed by atoms with van der Waals surface area (Å²) in [6.07, 6.45) is 3.32. The Morgan fingerprint density at radius 1 is 1.42 bits per heavy atom. The van der Waals surface area contributed by atoms with E-state index in [1.54, 1.807) is 21.0 Å². The van der Waals surface area contributed by atoms with Crippen LogP contribution in [0.1, 0.15) is 43.4 Å². The highest BCUT2D eigenvalue weighted by Crippen LogP contribution is 2.37. The molecule has 1 fully saturated rings. The molecule has 106 valence electrons. The number of hydrogen-bond acceptors (Lipinski definition) is 2. The van der Waals surface area contributed by atoms with Crippen molar-refractivity contribution in [3.05, 3.63) is 28.8 Å². The molecular weight excluding hydrogens is 241 g/mol. The molecule has 19 heavy (non-hydrogen) atoms. The first kappa shape index (κ1) is 14.3. The highest BCUT2D eigenvalue weighted by atomic mass is 19.1. The van der Waals surface area contributed by atoms with Crippen LogP contribution in [0.25, 0.3) is 0 Å². The van der Waals surface area contributed by atoms with Crippen LogP contribution in [0.4, 0.5) is 4.39 Å². The van der Waals surface area contributed by atoms with Crippen molar-refractivity contribution in [2.45, 2.75) is 51.7 Å². The second-order valence-electron chi connectivity index (χ2n) is 5.91. The first-order valence-corrected chi connectivity index (χ1v) is 7.02. The molecule has 0 aromatic heterocycles. The van der Waals surface area contributed by atoms with E-state index in [0.717, 1.165) is 24.3 Å². The van der Waals surface area contributed by atoms with E-state index in [1.807, 2.05) is 12.1 Å². The molecule has 0 bridgehead atoms. The molecule has 0 aliphatic carbocycles. The monoisotopic (exact) mass is 265 g/mol. The number of halogens is 1. The Balaban J connectivity index is 2.39. The van der Waals surface area contributed by atoms with Crippen LogP contribution in [0, 0.1) is 6.92 Å². The largest absolute Gasteiger partial charge is 0.496 e. The Morgan fingerprint density at radius 3 is 2.68 bits per heavy atom. The number of rotatable bonds is 4. The van der Waals surface area contributed by atoms with Crippen molar-refractivity contribution in [3.8, 4) is 5.75 Å². The van der Waals surface area contributed by atoms with Crippen LogP contribution >= 0.6 is 0 Å². The van der Waals surface area contributed by atoms with Gasteiger partial charge in [-0.15, -0.1) is 0 Å². The van der Waals surface area contributed by atoms with Gasteiger partial charge in [-0.1, -0.05) is 12.1 Å². The lowest BCUT2D eigenvalue weighted by atomic mass is 9.91. The van der Waals surface area contributed by atoms with Gasteiger partial charge in [-0.2, -0.15) is 0 Å². The Hall–Kier alpha value is -1.09. The number of ether oxygens (including phenoxy) is 1. The minimum absolute atomic E-state index is 0.491. The van der Waals surface area contributed by atoms with Crippen molar-refractivity contribution in [3.63, 3.8) is 0 Å². The zero-order valence-corrected chi connectivity index (χ0v) is 12.3. The van der Waals surface area contributed by atoms with E-state index in [0.29, 0.717) is 11.6 Å². The summed E-state index contributed by atoms with van der Waals surface area (Å²) in [6.45, 7) is 6.32. The summed E-state index contributed by atoms with van der Waals surface area (Å²) in [5, 5.41) is 3.49. The summed E-state index contributed by atoms with van der Waals surface area (Å²) in [4.78, 5) is 0. The van der Waals surface area contributed by atoms with E-state index in [1.165, 1.54) is 18.4 Å². The van der Waals surface area contributed by atoms with Crippen LogP contribution in [0.3, 0.4) is 0 Å². The van der Waals surface area contributed by atoms with Gasteiger partial charge in [0.05, 0.1) is 7.11 Å². The van der Waals surface area contributed by atoms with Gasteiger partial charge in [0.2, 0.25) is 0 Å². The molecule has 1 N–H and O–H groups in total. The summed E-state index contributed by atoms with van der Waals surface area (Å²) >= 11 is 0. The lowest BCUT2D eigenvalue weighted by Gasteiger charge is -2.23. The van der Waals surface area contributed by atoms with E-state index < -0.39 is 5.67 Å². The Morgan fingerprint density at radius 2 is 2.16 bits per heavy atom. The van der Waals surface area contributed by atoms with E-state index in [-0.39, 0.29) is 0 Å². The van der Waals surface area contributed by atoms with Crippen molar-refractivity contribution in [2.75, 3.05) is 13.7 Å². The maximum atomic E-state index is 14.3. The molecule has 1 aromatic carbocycles. The molecule has 1 atom stereocenters. The average Bonchev–Trinajstić information content (AvgIpc) is 2.82. The van der Waals surface area contributed by atoms with E-state index in [2.05, 4.69) is 12.2 Å². The number of benzene rings is 1. The van der Waals surface area contributed by atoms with E-state index in [4.69, 9.17) is 4.74 Å². The third kappa shape index (κ3) is 3.08. The highest BCUT2D eigenvalue weighted by molar-refractivity contribution is 5.49. The van der Waals surface area contributed by atoms with E-state index >= 15 is 0 Å². The minimum atomic E-state index is -1.38. The van der Waals surface area contributed by atoms with Gasteiger partial charge in [0.1, 0.15) is 11.4 Å². The summed E-state index contributed by atoms with van der Waals surface area (Å²) in [7, 11) is 1.63. The average molecular weight is 265 g/mol. The lowest BCUT2D eigenvalue weighted by Crippen LogP contribution is -2.25. The Bertz CT molecular complexity index is 445. The zero-order chi connectivity index (χ0) is 14.0. The third-order valence-corrected chi connectivity index (χ3v) is 3.95. The van der Waals surface area contributed by atoms with Crippen LogP contribution in [0.5, 0.6) is 5.75 Å². The molecular formula is C16H24FNO. The maximum absolute atomic E-state index is 14.3. The number of aryl methyl sites for hydroxylation is 1. The van der Waals surface area contributed by atoms with Crippen LogP contribution in [-0.2, 0) is 12.1 Å². The molecule has 1 aliphatic rings.